The van der Waals surface area contributed by atoms with E-state index in [1.165, 1.54) is 12.8 Å². The normalized spacial score (nSPS) is 22.6. The molecule has 0 aromatic heterocycles. The largest absolute Gasteiger partial charge is 0.356 e. The first-order valence-corrected chi connectivity index (χ1v) is 10.0. The average molecular weight is 367 g/mol. The molecule has 0 spiro atoms. The van der Waals surface area contributed by atoms with Crippen LogP contribution >= 0.6 is 0 Å². The Kier molecular flexibility index (Phi) is 5.93. The Bertz CT molecular complexity index is 789. The molecule has 1 N–H and O–H groups in total. The zero-order valence-electron chi connectivity index (χ0n) is 16.5. The number of carbonyl (C=O) groups excluding carboxylic acids is 3. The van der Waals surface area contributed by atoms with Crippen molar-refractivity contribution in [2.45, 2.75) is 58.8 Å². The van der Waals surface area contributed by atoms with Crippen molar-refractivity contribution in [2.75, 3.05) is 6.54 Å². The van der Waals surface area contributed by atoms with Crippen LogP contribution in [0.1, 0.15) is 67.7 Å². The number of benzene rings is 1. The van der Waals surface area contributed by atoms with Gasteiger partial charge in [0.1, 0.15) is 11.7 Å². The molecule has 1 aromatic carbocycles. The van der Waals surface area contributed by atoms with E-state index in [0.717, 1.165) is 28.7 Å². The number of ketones is 2. The SMILES string of the molecule is C/C=C/c1cc(C)c(C2C(=O)CC(CC(=O)NCC3CC3)C2=O)c(CC)c1. The highest BCUT2D eigenvalue weighted by Gasteiger charge is 2.44. The second-order valence-corrected chi connectivity index (χ2v) is 7.92. The summed E-state index contributed by atoms with van der Waals surface area (Å²) in [6.07, 6.45) is 7.43. The van der Waals surface area contributed by atoms with Gasteiger partial charge >= 0.3 is 0 Å². The van der Waals surface area contributed by atoms with E-state index in [4.69, 9.17) is 0 Å². The van der Waals surface area contributed by atoms with Crippen molar-refractivity contribution in [1.82, 2.24) is 5.32 Å². The summed E-state index contributed by atoms with van der Waals surface area (Å²) in [5.74, 6) is -0.825. The summed E-state index contributed by atoms with van der Waals surface area (Å²) >= 11 is 0. The van der Waals surface area contributed by atoms with Crippen molar-refractivity contribution in [3.63, 3.8) is 0 Å². The Morgan fingerprint density at radius 2 is 2.00 bits per heavy atom. The molecule has 4 heteroatoms. The molecule has 1 aromatic rings. The standard InChI is InChI=1S/C23H29NO3/c1-4-6-16-9-14(3)21(17(5-2)10-16)22-19(25)11-18(23(22)27)12-20(26)24-13-15-7-8-15/h4,6,9-10,15,18,22H,5,7-8,11-13H2,1-3H3,(H,24,26)/b6-4+. The number of aryl methyl sites for hydroxylation is 2. The number of carbonyl (C=O) groups is 3. The monoisotopic (exact) mass is 367 g/mol. The zero-order chi connectivity index (χ0) is 19.6. The Hall–Kier alpha value is -2.23. The number of Topliss-reactive ketones (excluding diaryl/α,β-unsaturated/α-hetero) is 2. The van der Waals surface area contributed by atoms with Crippen molar-refractivity contribution in [1.29, 1.82) is 0 Å². The fourth-order valence-corrected chi connectivity index (χ4v) is 4.10. The summed E-state index contributed by atoms with van der Waals surface area (Å²) in [7, 11) is 0. The van der Waals surface area contributed by atoms with E-state index in [9.17, 15) is 14.4 Å². The molecular weight excluding hydrogens is 338 g/mol. The van der Waals surface area contributed by atoms with Gasteiger partial charge in [-0.2, -0.15) is 0 Å². The van der Waals surface area contributed by atoms with E-state index in [-0.39, 0.29) is 30.3 Å². The third-order valence-corrected chi connectivity index (χ3v) is 5.70. The fourth-order valence-electron chi connectivity index (χ4n) is 4.10. The minimum Gasteiger partial charge on any atom is -0.356 e. The van der Waals surface area contributed by atoms with Gasteiger partial charge in [-0.1, -0.05) is 31.2 Å². The first-order valence-electron chi connectivity index (χ1n) is 10.0. The van der Waals surface area contributed by atoms with E-state index < -0.39 is 11.8 Å². The van der Waals surface area contributed by atoms with Gasteiger partial charge in [0.25, 0.3) is 0 Å². The Morgan fingerprint density at radius 1 is 1.26 bits per heavy atom. The van der Waals surface area contributed by atoms with Gasteiger partial charge in [0.05, 0.1) is 0 Å². The number of hydrogen-bond acceptors (Lipinski definition) is 3. The average Bonchev–Trinajstić information content (AvgIpc) is 3.41. The molecule has 0 radical (unpaired) electrons. The maximum absolute atomic E-state index is 13.0. The molecule has 27 heavy (non-hydrogen) atoms. The lowest BCUT2D eigenvalue weighted by molar-refractivity contribution is -0.128. The van der Waals surface area contributed by atoms with Crippen LogP contribution in [0.2, 0.25) is 0 Å². The van der Waals surface area contributed by atoms with Gasteiger partial charge in [-0.3, -0.25) is 14.4 Å². The summed E-state index contributed by atoms with van der Waals surface area (Å²) < 4.78 is 0. The zero-order valence-corrected chi connectivity index (χ0v) is 16.5. The van der Waals surface area contributed by atoms with E-state index in [1.807, 2.05) is 39.0 Å². The Morgan fingerprint density at radius 3 is 2.63 bits per heavy atom. The first kappa shape index (κ1) is 19.5. The Balaban J connectivity index is 1.79. The predicted molar refractivity (Wildman–Crippen MR) is 106 cm³/mol. The van der Waals surface area contributed by atoms with Gasteiger partial charge in [0, 0.05) is 25.3 Å². The maximum Gasteiger partial charge on any atom is 0.220 e. The molecule has 2 saturated carbocycles. The lowest BCUT2D eigenvalue weighted by Gasteiger charge is -2.18. The van der Waals surface area contributed by atoms with Crippen LogP contribution in [0.5, 0.6) is 0 Å². The minimum absolute atomic E-state index is 0.0448. The molecule has 0 saturated heterocycles. The number of rotatable bonds is 7. The summed E-state index contributed by atoms with van der Waals surface area (Å²) in [6, 6.07) is 4.10. The van der Waals surface area contributed by atoms with Crippen LogP contribution in [-0.4, -0.2) is 24.0 Å². The summed E-state index contributed by atoms with van der Waals surface area (Å²) in [5.41, 5.74) is 3.98. The summed E-state index contributed by atoms with van der Waals surface area (Å²) in [4.78, 5) is 37.9. The van der Waals surface area contributed by atoms with Gasteiger partial charge in [0.2, 0.25) is 5.91 Å². The van der Waals surface area contributed by atoms with Crippen LogP contribution in [0, 0.1) is 18.8 Å². The summed E-state index contributed by atoms with van der Waals surface area (Å²) in [6.45, 7) is 6.68. The maximum atomic E-state index is 13.0. The molecule has 2 fully saturated rings. The second-order valence-electron chi connectivity index (χ2n) is 7.92. The molecule has 0 bridgehead atoms. The third-order valence-electron chi connectivity index (χ3n) is 5.70. The highest BCUT2D eigenvalue weighted by Crippen LogP contribution is 2.38. The molecular formula is C23H29NO3. The van der Waals surface area contributed by atoms with Gasteiger partial charge in [0.15, 0.2) is 5.78 Å². The number of nitrogens with one attached hydrogen (secondary N) is 1. The molecule has 3 rings (SSSR count). The fraction of sp³-hybridized carbons (Fsp3) is 0.522. The van der Waals surface area contributed by atoms with Crippen LogP contribution in [-0.2, 0) is 20.8 Å². The van der Waals surface area contributed by atoms with Crippen molar-refractivity contribution in [2.24, 2.45) is 11.8 Å². The van der Waals surface area contributed by atoms with E-state index >= 15 is 0 Å². The van der Waals surface area contributed by atoms with E-state index in [0.29, 0.717) is 12.5 Å². The lowest BCUT2D eigenvalue weighted by atomic mass is 9.84. The molecule has 2 atom stereocenters. The highest BCUT2D eigenvalue weighted by molar-refractivity contribution is 6.15. The second kappa shape index (κ2) is 8.20. The number of amides is 1. The van der Waals surface area contributed by atoms with Crippen molar-refractivity contribution in [3.8, 4) is 0 Å². The van der Waals surface area contributed by atoms with E-state index in [1.54, 1.807) is 0 Å². The summed E-state index contributed by atoms with van der Waals surface area (Å²) in [5, 5.41) is 2.91. The van der Waals surface area contributed by atoms with Gasteiger partial charge in [-0.05, 0) is 61.3 Å². The van der Waals surface area contributed by atoms with Gasteiger partial charge in [-0.25, -0.2) is 0 Å². The van der Waals surface area contributed by atoms with Gasteiger partial charge in [-0.15, -0.1) is 0 Å². The predicted octanol–water partition coefficient (Wildman–Crippen LogP) is 3.75. The smallest absolute Gasteiger partial charge is 0.220 e. The molecule has 2 aliphatic carbocycles. The van der Waals surface area contributed by atoms with Gasteiger partial charge < -0.3 is 5.32 Å². The number of hydrogen-bond donors (Lipinski definition) is 1. The lowest BCUT2D eigenvalue weighted by Crippen LogP contribution is -2.29. The molecule has 1 amide bonds. The Labute approximate surface area is 161 Å². The molecule has 0 heterocycles. The minimum atomic E-state index is -0.708. The van der Waals surface area contributed by atoms with Crippen LogP contribution in [0.15, 0.2) is 18.2 Å². The van der Waals surface area contributed by atoms with Crippen LogP contribution in [0.3, 0.4) is 0 Å². The van der Waals surface area contributed by atoms with E-state index in [2.05, 4.69) is 11.4 Å². The molecule has 2 aliphatic rings. The molecule has 4 nitrogen and oxygen atoms in total. The van der Waals surface area contributed by atoms with Crippen molar-refractivity contribution >= 4 is 23.5 Å². The van der Waals surface area contributed by atoms with Crippen LogP contribution < -0.4 is 5.32 Å². The quantitative estimate of drug-likeness (QED) is 0.747. The van der Waals surface area contributed by atoms with Crippen molar-refractivity contribution < 1.29 is 14.4 Å². The topological polar surface area (TPSA) is 63.2 Å². The molecule has 0 aliphatic heterocycles. The highest BCUT2D eigenvalue weighted by atomic mass is 16.2. The van der Waals surface area contributed by atoms with Crippen LogP contribution in [0.4, 0.5) is 0 Å². The van der Waals surface area contributed by atoms with Crippen molar-refractivity contribution in [3.05, 3.63) is 40.5 Å². The molecule has 144 valence electrons. The number of allylic oxidation sites excluding steroid dienone is 1. The van der Waals surface area contributed by atoms with Crippen LogP contribution in [0.25, 0.3) is 6.08 Å². The molecule has 2 unspecified atom stereocenters. The third kappa shape index (κ3) is 4.37. The first-order chi connectivity index (χ1) is 12.9.